The van der Waals surface area contributed by atoms with Crippen LogP contribution in [0.3, 0.4) is 0 Å². The molecule has 21 heavy (non-hydrogen) atoms. The summed E-state index contributed by atoms with van der Waals surface area (Å²) in [7, 11) is -3.96. The number of benzene rings is 1. The highest BCUT2D eigenvalue weighted by molar-refractivity contribution is 7.89. The molecular weight excluding hydrogens is 303 g/mol. The van der Waals surface area contributed by atoms with Gasteiger partial charge in [0.05, 0.1) is 15.9 Å². The maximum absolute atomic E-state index is 13.5. The predicted molar refractivity (Wildman–Crippen MR) is 71.6 cm³/mol. The third-order valence-electron chi connectivity index (χ3n) is 3.58. The van der Waals surface area contributed by atoms with Crippen molar-refractivity contribution < 1.29 is 22.8 Å². The number of hydrogen-bond donors (Lipinski definition) is 2. The monoisotopic (exact) mass is 318 g/mol. The minimum absolute atomic E-state index is 0.0576. The molecule has 1 aliphatic rings. The van der Waals surface area contributed by atoms with Crippen LogP contribution in [-0.2, 0) is 10.0 Å². The highest BCUT2D eigenvalue weighted by Gasteiger charge is 2.27. The summed E-state index contributed by atoms with van der Waals surface area (Å²) in [5.41, 5.74) is -0.778. The van der Waals surface area contributed by atoms with Crippen LogP contribution in [0.5, 0.6) is 0 Å². The topological polar surface area (TPSA) is 110 Å². The number of nitro groups is 1. The van der Waals surface area contributed by atoms with Crippen molar-refractivity contribution in [3.05, 3.63) is 34.1 Å². The fourth-order valence-electron chi connectivity index (χ4n) is 2.36. The number of rotatable bonds is 5. The number of nitro benzene ring substituents is 1. The number of sulfonamides is 1. The Bertz CT molecular complexity index is 649. The quantitative estimate of drug-likeness (QED) is 0.625. The van der Waals surface area contributed by atoms with Crippen LogP contribution in [0.25, 0.3) is 0 Å². The smallest absolute Gasteiger partial charge is 0.304 e. The van der Waals surface area contributed by atoms with Gasteiger partial charge in [-0.3, -0.25) is 10.1 Å². The molecule has 0 aromatic heterocycles. The summed E-state index contributed by atoms with van der Waals surface area (Å²) < 4.78 is 39.8. The molecule has 9 heteroatoms. The molecule has 116 valence electrons. The zero-order valence-corrected chi connectivity index (χ0v) is 11.8. The van der Waals surface area contributed by atoms with E-state index in [-0.39, 0.29) is 17.4 Å². The molecule has 1 saturated carbocycles. The molecule has 0 bridgehead atoms. The summed E-state index contributed by atoms with van der Waals surface area (Å²) in [5, 5.41) is 20.1. The standard InChI is InChI=1S/C12H15FN2O5S/c13-10-6-9(4-5-11(10)15(17)18)21(19,20)14-7-8-2-1-3-12(8)16/h4-6,8,12,14,16H,1-3,7H2. The average molecular weight is 318 g/mol. The Morgan fingerprint density at radius 2 is 2.14 bits per heavy atom. The van der Waals surface area contributed by atoms with E-state index in [9.17, 15) is 28.0 Å². The van der Waals surface area contributed by atoms with Crippen molar-refractivity contribution in [2.24, 2.45) is 5.92 Å². The van der Waals surface area contributed by atoms with Crippen molar-refractivity contribution in [2.75, 3.05) is 6.54 Å². The first-order valence-corrected chi connectivity index (χ1v) is 7.91. The first kappa shape index (κ1) is 15.8. The minimum Gasteiger partial charge on any atom is -0.393 e. The number of nitrogens with zero attached hydrogens (tertiary/aromatic N) is 1. The summed E-state index contributed by atoms with van der Waals surface area (Å²) in [6, 6.07) is 2.41. The molecule has 1 fully saturated rings. The molecule has 1 aromatic carbocycles. The van der Waals surface area contributed by atoms with E-state index in [0.717, 1.165) is 25.0 Å². The largest absolute Gasteiger partial charge is 0.393 e. The van der Waals surface area contributed by atoms with Crippen LogP contribution in [0.1, 0.15) is 19.3 Å². The third kappa shape index (κ3) is 3.55. The lowest BCUT2D eigenvalue weighted by Gasteiger charge is -2.15. The van der Waals surface area contributed by atoms with E-state index in [2.05, 4.69) is 4.72 Å². The van der Waals surface area contributed by atoms with E-state index >= 15 is 0 Å². The Hall–Kier alpha value is -1.58. The highest BCUT2D eigenvalue weighted by Crippen LogP contribution is 2.25. The second-order valence-corrected chi connectivity index (χ2v) is 6.75. The summed E-state index contributed by atoms with van der Waals surface area (Å²) in [6.45, 7) is 0.0576. The zero-order valence-electron chi connectivity index (χ0n) is 11.0. The van der Waals surface area contributed by atoms with Gasteiger partial charge in [-0.1, -0.05) is 6.42 Å². The van der Waals surface area contributed by atoms with E-state index in [1.807, 2.05) is 0 Å². The molecule has 0 amide bonds. The van der Waals surface area contributed by atoms with Gasteiger partial charge in [0.15, 0.2) is 0 Å². The van der Waals surface area contributed by atoms with Crippen LogP contribution in [0, 0.1) is 21.8 Å². The number of aliphatic hydroxyl groups is 1. The Morgan fingerprint density at radius 3 is 2.67 bits per heavy atom. The normalized spacial score (nSPS) is 22.4. The summed E-state index contributed by atoms with van der Waals surface area (Å²) in [4.78, 5) is 9.19. The lowest BCUT2D eigenvalue weighted by molar-refractivity contribution is -0.387. The van der Waals surface area contributed by atoms with E-state index in [1.165, 1.54) is 0 Å². The average Bonchev–Trinajstić information content (AvgIpc) is 2.81. The van der Waals surface area contributed by atoms with Crippen molar-refractivity contribution in [1.29, 1.82) is 0 Å². The van der Waals surface area contributed by atoms with Crippen molar-refractivity contribution in [2.45, 2.75) is 30.3 Å². The van der Waals surface area contributed by atoms with Crippen molar-refractivity contribution in [1.82, 2.24) is 4.72 Å². The zero-order chi connectivity index (χ0) is 15.6. The molecular formula is C12H15FN2O5S. The van der Waals surface area contributed by atoms with Crippen LogP contribution < -0.4 is 4.72 Å². The van der Waals surface area contributed by atoms with Crippen molar-refractivity contribution in [3.63, 3.8) is 0 Å². The lowest BCUT2D eigenvalue weighted by atomic mass is 10.1. The molecule has 2 rings (SSSR count). The molecule has 7 nitrogen and oxygen atoms in total. The number of aliphatic hydroxyl groups excluding tert-OH is 1. The van der Waals surface area contributed by atoms with Gasteiger partial charge < -0.3 is 5.11 Å². The molecule has 2 unspecified atom stereocenters. The first-order valence-electron chi connectivity index (χ1n) is 6.43. The van der Waals surface area contributed by atoms with E-state index in [4.69, 9.17) is 0 Å². The van der Waals surface area contributed by atoms with E-state index in [1.54, 1.807) is 0 Å². The fraction of sp³-hybridized carbons (Fsp3) is 0.500. The molecule has 0 heterocycles. The molecule has 0 aliphatic heterocycles. The van der Waals surface area contributed by atoms with Crippen molar-refractivity contribution >= 4 is 15.7 Å². The van der Waals surface area contributed by atoms with Crippen LogP contribution in [0.2, 0.25) is 0 Å². The molecule has 0 radical (unpaired) electrons. The molecule has 0 saturated heterocycles. The van der Waals surface area contributed by atoms with Crippen LogP contribution >= 0.6 is 0 Å². The van der Waals surface area contributed by atoms with Crippen LogP contribution in [0.15, 0.2) is 23.1 Å². The van der Waals surface area contributed by atoms with Gasteiger partial charge in [-0.2, -0.15) is 4.39 Å². The molecule has 0 spiro atoms. The van der Waals surface area contributed by atoms with Gasteiger partial charge in [-0.05, 0) is 24.8 Å². The molecule has 2 N–H and O–H groups in total. The van der Waals surface area contributed by atoms with Gasteiger partial charge in [0.1, 0.15) is 0 Å². The van der Waals surface area contributed by atoms with Gasteiger partial charge in [0.2, 0.25) is 15.8 Å². The third-order valence-corrected chi connectivity index (χ3v) is 5.00. The van der Waals surface area contributed by atoms with Gasteiger partial charge >= 0.3 is 5.69 Å². The Morgan fingerprint density at radius 1 is 1.43 bits per heavy atom. The summed E-state index contributed by atoms with van der Waals surface area (Å²) in [5.74, 6) is -1.37. The van der Waals surface area contributed by atoms with Gasteiger partial charge in [0, 0.05) is 18.7 Å². The second kappa shape index (κ2) is 6.04. The molecule has 1 aliphatic carbocycles. The van der Waals surface area contributed by atoms with Gasteiger partial charge in [0.25, 0.3) is 0 Å². The SMILES string of the molecule is O=[N+]([O-])c1ccc(S(=O)(=O)NCC2CCCC2O)cc1F. The lowest BCUT2D eigenvalue weighted by Crippen LogP contribution is -2.32. The maximum Gasteiger partial charge on any atom is 0.304 e. The Balaban J connectivity index is 2.12. The van der Waals surface area contributed by atoms with Crippen molar-refractivity contribution in [3.8, 4) is 0 Å². The second-order valence-electron chi connectivity index (χ2n) is 4.98. The fourth-order valence-corrected chi connectivity index (χ4v) is 3.46. The van der Waals surface area contributed by atoms with E-state index in [0.29, 0.717) is 12.5 Å². The Kier molecular flexibility index (Phi) is 4.55. The highest BCUT2D eigenvalue weighted by atomic mass is 32.2. The predicted octanol–water partition coefficient (Wildman–Crippen LogP) is 1.17. The Labute approximate surface area is 121 Å². The molecule has 2 atom stereocenters. The minimum atomic E-state index is -3.96. The summed E-state index contributed by atoms with van der Waals surface area (Å²) >= 11 is 0. The van der Waals surface area contributed by atoms with Gasteiger partial charge in [-0.15, -0.1) is 0 Å². The van der Waals surface area contributed by atoms with E-state index < -0.39 is 32.6 Å². The number of hydrogen-bond acceptors (Lipinski definition) is 5. The number of halogens is 1. The van der Waals surface area contributed by atoms with Gasteiger partial charge in [-0.25, -0.2) is 13.1 Å². The molecule has 1 aromatic rings. The maximum atomic E-state index is 13.5. The van der Waals surface area contributed by atoms with Crippen LogP contribution in [-0.4, -0.2) is 31.1 Å². The summed E-state index contributed by atoms with van der Waals surface area (Å²) in [6.07, 6.45) is 1.65. The van der Waals surface area contributed by atoms with Crippen LogP contribution in [0.4, 0.5) is 10.1 Å². The number of nitrogens with one attached hydrogen (secondary N) is 1. The first-order chi connectivity index (χ1) is 9.81.